The van der Waals surface area contributed by atoms with Crippen molar-refractivity contribution in [1.82, 2.24) is 0 Å². The number of hydrogen-bond donors (Lipinski definition) is 0. The van der Waals surface area contributed by atoms with Crippen LogP contribution in [0.15, 0.2) is 30.3 Å². The van der Waals surface area contributed by atoms with Crippen molar-refractivity contribution in [3.05, 3.63) is 58.7 Å². The monoisotopic (exact) mass is 290 g/mol. The zero-order valence-corrected chi connectivity index (χ0v) is 12.1. The molecule has 0 unspecified atom stereocenters. The first-order valence-electron chi connectivity index (χ1n) is 6.65. The smallest absolute Gasteiger partial charge is 0.198 e. The number of benzene rings is 2. The van der Waals surface area contributed by atoms with Gasteiger partial charge in [0.1, 0.15) is 12.0 Å². The van der Waals surface area contributed by atoms with E-state index in [0.717, 1.165) is 23.3 Å². The number of hydrogen-bond acceptors (Lipinski definition) is 2. The van der Waals surface area contributed by atoms with Crippen LogP contribution in [0.1, 0.15) is 41.3 Å². The Balaban J connectivity index is 2.43. The molecule has 0 bridgehead atoms. The highest BCUT2D eigenvalue weighted by Crippen LogP contribution is 2.32. The molecule has 2 aromatic carbocycles. The zero-order chi connectivity index (χ0) is 15.6. The zero-order valence-electron chi connectivity index (χ0n) is 12.1. The lowest BCUT2D eigenvalue weighted by Crippen LogP contribution is -1.98. The largest absolute Gasteiger partial charge is 0.451 e. The van der Waals surface area contributed by atoms with E-state index in [-0.39, 0.29) is 11.5 Å². The van der Waals surface area contributed by atoms with Crippen LogP contribution >= 0.6 is 0 Å². The van der Waals surface area contributed by atoms with Gasteiger partial charge in [0, 0.05) is 5.56 Å². The van der Waals surface area contributed by atoms with Gasteiger partial charge in [0.05, 0.1) is 0 Å². The lowest BCUT2D eigenvalue weighted by molar-refractivity contribution is 0.112. The molecule has 0 heterocycles. The van der Waals surface area contributed by atoms with Crippen molar-refractivity contribution >= 4 is 6.29 Å². The van der Waals surface area contributed by atoms with E-state index < -0.39 is 17.4 Å². The number of halogens is 2. The van der Waals surface area contributed by atoms with Gasteiger partial charge in [-0.2, -0.15) is 0 Å². The normalized spacial score (nSPS) is 10.8. The van der Waals surface area contributed by atoms with Crippen LogP contribution in [0.25, 0.3) is 0 Å². The average molecular weight is 290 g/mol. The molecule has 0 atom stereocenters. The molecule has 0 amide bonds. The minimum absolute atomic E-state index is 0.0648. The SMILES string of the molecule is Cc1ccc(C(C)C)cc1Oc1c(F)cc(C=O)cc1F. The highest BCUT2D eigenvalue weighted by atomic mass is 19.1. The molecule has 0 radical (unpaired) electrons. The molecule has 0 aliphatic heterocycles. The van der Waals surface area contributed by atoms with Gasteiger partial charge >= 0.3 is 0 Å². The molecule has 2 rings (SSSR count). The van der Waals surface area contributed by atoms with E-state index in [2.05, 4.69) is 0 Å². The highest BCUT2D eigenvalue weighted by Gasteiger charge is 2.15. The molecule has 4 heteroatoms. The second kappa shape index (κ2) is 6.04. The fourth-order valence-electron chi connectivity index (χ4n) is 1.94. The summed E-state index contributed by atoms with van der Waals surface area (Å²) in [6.07, 6.45) is 0.389. The molecule has 2 aromatic rings. The molecule has 0 fully saturated rings. The molecule has 110 valence electrons. The molecule has 0 N–H and O–H groups in total. The van der Waals surface area contributed by atoms with Gasteiger partial charge in [-0.15, -0.1) is 0 Å². The van der Waals surface area contributed by atoms with Crippen LogP contribution in [0.2, 0.25) is 0 Å². The highest BCUT2D eigenvalue weighted by molar-refractivity contribution is 5.75. The summed E-state index contributed by atoms with van der Waals surface area (Å²) in [5, 5.41) is 0. The summed E-state index contributed by atoms with van der Waals surface area (Å²) >= 11 is 0. The van der Waals surface area contributed by atoms with Crippen molar-refractivity contribution in [3.63, 3.8) is 0 Å². The molecule has 21 heavy (non-hydrogen) atoms. The molecule has 0 spiro atoms. The van der Waals surface area contributed by atoms with E-state index in [0.29, 0.717) is 12.0 Å². The van der Waals surface area contributed by atoms with Crippen molar-refractivity contribution < 1.29 is 18.3 Å². The number of carbonyl (C=O) groups is 1. The van der Waals surface area contributed by atoms with E-state index >= 15 is 0 Å². The Morgan fingerprint density at radius 1 is 1.10 bits per heavy atom. The van der Waals surface area contributed by atoms with Gasteiger partial charge in [-0.25, -0.2) is 8.78 Å². The van der Waals surface area contributed by atoms with Crippen LogP contribution in [0.4, 0.5) is 8.78 Å². The predicted octanol–water partition coefficient (Wildman–Crippen LogP) is 5.00. The Kier molecular flexibility index (Phi) is 4.36. The first-order chi connectivity index (χ1) is 9.92. The number of rotatable bonds is 4. The van der Waals surface area contributed by atoms with Crippen molar-refractivity contribution in [2.24, 2.45) is 0 Å². The van der Waals surface area contributed by atoms with Crippen LogP contribution < -0.4 is 4.74 Å². The maximum Gasteiger partial charge on any atom is 0.198 e. The van der Waals surface area contributed by atoms with Gasteiger partial charge in [-0.3, -0.25) is 4.79 Å². The van der Waals surface area contributed by atoms with E-state index in [4.69, 9.17) is 4.74 Å². The summed E-state index contributed by atoms with van der Waals surface area (Å²) in [5.41, 5.74) is 1.73. The van der Waals surface area contributed by atoms with Crippen LogP contribution in [0.5, 0.6) is 11.5 Å². The van der Waals surface area contributed by atoms with Crippen molar-refractivity contribution in [3.8, 4) is 11.5 Å². The fourth-order valence-corrected chi connectivity index (χ4v) is 1.94. The van der Waals surface area contributed by atoms with Crippen molar-refractivity contribution in [1.29, 1.82) is 0 Å². The maximum atomic E-state index is 13.9. The summed E-state index contributed by atoms with van der Waals surface area (Å²) < 4.78 is 33.1. The summed E-state index contributed by atoms with van der Waals surface area (Å²) in [6, 6.07) is 7.47. The molecule has 0 saturated carbocycles. The first-order valence-corrected chi connectivity index (χ1v) is 6.65. The van der Waals surface area contributed by atoms with Crippen LogP contribution in [-0.4, -0.2) is 6.29 Å². The molecular weight excluding hydrogens is 274 g/mol. The number of carbonyl (C=O) groups excluding carboxylic acids is 1. The van der Waals surface area contributed by atoms with Crippen molar-refractivity contribution in [2.75, 3.05) is 0 Å². The predicted molar refractivity (Wildman–Crippen MR) is 77.1 cm³/mol. The molecule has 2 nitrogen and oxygen atoms in total. The minimum Gasteiger partial charge on any atom is -0.451 e. The molecule has 0 aliphatic rings. The van der Waals surface area contributed by atoms with Crippen molar-refractivity contribution in [2.45, 2.75) is 26.7 Å². The van der Waals surface area contributed by atoms with Crippen LogP contribution in [0, 0.1) is 18.6 Å². The molecule has 0 aliphatic carbocycles. The maximum absolute atomic E-state index is 13.9. The van der Waals surface area contributed by atoms with Gasteiger partial charge in [-0.05, 0) is 42.2 Å². The summed E-state index contributed by atoms with van der Waals surface area (Å²) in [5.74, 6) is -1.61. The van der Waals surface area contributed by atoms with Gasteiger partial charge in [0.25, 0.3) is 0 Å². The lowest BCUT2D eigenvalue weighted by atomic mass is 10.0. The quantitative estimate of drug-likeness (QED) is 0.740. The third kappa shape index (κ3) is 3.27. The second-order valence-electron chi connectivity index (χ2n) is 5.21. The van der Waals surface area contributed by atoms with E-state index in [9.17, 15) is 13.6 Å². The average Bonchev–Trinajstić information content (AvgIpc) is 2.44. The third-order valence-corrected chi connectivity index (χ3v) is 3.25. The summed E-state index contributed by atoms with van der Waals surface area (Å²) in [4.78, 5) is 10.6. The number of ether oxygens (including phenoxy) is 1. The summed E-state index contributed by atoms with van der Waals surface area (Å²) in [6.45, 7) is 5.85. The van der Waals surface area contributed by atoms with Crippen LogP contribution in [-0.2, 0) is 0 Å². The van der Waals surface area contributed by atoms with Gasteiger partial charge in [0.2, 0.25) is 0 Å². The van der Waals surface area contributed by atoms with Gasteiger partial charge in [0.15, 0.2) is 17.4 Å². The van der Waals surface area contributed by atoms with E-state index in [1.54, 1.807) is 13.0 Å². The summed E-state index contributed by atoms with van der Waals surface area (Å²) in [7, 11) is 0. The van der Waals surface area contributed by atoms with Gasteiger partial charge < -0.3 is 4.74 Å². The first kappa shape index (κ1) is 15.2. The second-order valence-corrected chi connectivity index (χ2v) is 5.21. The topological polar surface area (TPSA) is 26.3 Å². The van der Waals surface area contributed by atoms with Gasteiger partial charge in [-0.1, -0.05) is 26.0 Å². The van der Waals surface area contributed by atoms with E-state index in [1.165, 1.54) is 0 Å². The molecular formula is C17H16F2O2. The standard InChI is InChI=1S/C17H16F2O2/c1-10(2)13-5-4-11(3)16(8-13)21-17-14(18)6-12(9-20)7-15(17)19/h4-10H,1-3H3. The Hall–Kier alpha value is -2.23. The molecule has 0 saturated heterocycles. The Bertz CT molecular complexity index is 655. The number of aryl methyl sites for hydroxylation is 1. The number of aldehydes is 1. The third-order valence-electron chi connectivity index (χ3n) is 3.25. The van der Waals surface area contributed by atoms with Crippen LogP contribution in [0.3, 0.4) is 0 Å². The Morgan fingerprint density at radius 2 is 1.71 bits per heavy atom. The lowest BCUT2D eigenvalue weighted by Gasteiger charge is -2.13. The van der Waals surface area contributed by atoms with E-state index in [1.807, 2.05) is 26.0 Å². The minimum atomic E-state index is -0.897. The Labute approximate surface area is 122 Å². The Morgan fingerprint density at radius 3 is 2.24 bits per heavy atom. The fraction of sp³-hybridized carbons (Fsp3) is 0.235. The molecule has 0 aromatic heterocycles.